The average molecular weight is 154 g/mol. The Balaban J connectivity index is 2.18. The standard InChI is InChI=1S/C7H9NO3/c9-7(10)6-4-2-1-3-5(4)11-8-6/h4-5H,1-3H2,(H,9,10)/p-1/t4-,5+/m1/s1. The summed E-state index contributed by atoms with van der Waals surface area (Å²) in [4.78, 5) is 15.3. The van der Waals surface area contributed by atoms with Gasteiger partial charge in [-0.2, -0.15) is 0 Å². The van der Waals surface area contributed by atoms with Crippen LogP contribution in [0.5, 0.6) is 0 Å². The molecule has 11 heavy (non-hydrogen) atoms. The second kappa shape index (κ2) is 2.22. The van der Waals surface area contributed by atoms with Crippen LogP contribution in [0.1, 0.15) is 19.3 Å². The fraction of sp³-hybridized carbons (Fsp3) is 0.714. The Morgan fingerprint density at radius 1 is 1.64 bits per heavy atom. The van der Waals surface area contributed by atoms with E-state index in [2.05, 4.69) is 5.16 Å². The molecule has 2 aliphatic rings. The van der Waals surface area contributed by atoms with E-state index in [9.17, 15) is 9.90 Å². The Morgan fingerprint density at radius 3 is 3.18 bits per heavy atom. The summed E-state index contributed by atoms with van der Waals surface area (Å²) in [6, 6.07) is 0. The van der Waals surface area contributed by atoms with Gasteiger partial charge in [-0.05, 0) is 19.3 Å². The van der Waals surface area contributed by atoms with Gasteiger partial charge in [-0.1, -0.05) is 5.16 Å². The summed E-state index contributed by atoms with van der Waals surface area (Å²) in [6.45, 7) is 0. The molecular formula is C7H8NO3-. The molecule has 0 aromatic heterocycles. The molecule has 0 amide bonds. The first-order chi connectivity index (χ1) is 5.29. The highest BCUT2D eigenvalue weighted by Gasteiger charge is 2.38. The highest BCUT2D eigenvalue weighted by atomic mass is 16.6. The third-order valence-electron chi connectivity index (χ3n) is 2.30. The minimum Gasteiger partial charge on any atom is -0.543 e. The fourth-order valence-corrected chi connectivity index (χ4v) is 1.75. The second-order valence-electron chi connectivity index (χ2n) is 2.95. The van der Waals surface area contributed by atoms with Crippen molar-refractivity contribution in [1.82, 2.24) is 0 Å². The molecule has 1 saturated carbocycles. The summed E-state index contributed by atoms with van der Waals surface area (Å²) in [5.41, 5.74) is 0.104. The number of oxime groups is 1. The number of hydrogen-bond donors (Lipinski definition) is 0. The van der Waals surface area contributed by atoms with Crippen LogP contribution in [0, 0.1) is 5.92 Å². The Hall–Kier alpha value is -1.06. The van der Waals surface area contributed by atoms with Crippen LogP contribution >= 0.6 is 0 Å². The van der Waals surface area contributed by atoms with Gasteiger partial charge >= 0.3 is 0 Å². The first kappa shape index (κ1) is 6.64. The maximum atomic E-state index is 10.4. The van der Waals surface area contributed by atoms with Crippen molar-refractivity contribution in [2.24, 2.45) is 11.1 Å². The zero-order valence-electron chi connectivity index (χ0n) is 5.95. The van der Waals surface area contributed by atoms with E-state index in [1.807, 2.05) is 0 Å². The molecule has 1 aliphatic carbocycles. The Bertz CT molecular complexity index is 224. The van der Waals surface area contributed by atoms with Crippen LogP contribution in [-0.4, -0.2) is 17.8 Å². The van der Waals surface area contributed by atoms with E-state index in [4.69, 9.17) is 4.84 Å². The number of carbonyl (C=O) groups is 1. The van der Waals surface area contributed by atoms with Crippen molar-refractivity contribution in [2.45, 2.75) is 25.4 Å². The summed E-state index contributed by atoms with van der Waals surface area (Å²) in [6.07, 6.45) is 2.84. The van der Waals surface area contributed by atoms with Gasteiger partial charge in [-0.15, -0.1) is 0 Å². The first-order valence-electron chi connectivity index (χ1n) is 3.74. The van der Waals surface area contributed by atoms with Gasteiger partial charge in [-0.25, -0.2) is 0 Å². The minimum atomic E-state index is -1.18. The van der Waals surface area contributed by atoms with E-state index in [-0.39, 0.29) is 17.7 Å². The lowest BCUT2D eigenvalue weighted by Crippen LogP contribution is -2.36. The molecule has 60 valence electrons. The number of fused-ring (bicyclic) bond motifs is 1. The Kier molecular flexibility index (Phi) is 1.34. The molecule has 0 spiro atoms. The summed E-state index contributed by atoms with van der Waals surface area (Å²) < 4.78 is 0. The summed E-state index contributed by atoms with van der Waals surface area (Å²) in [5, 5.41) is 13.9. The van der Waals surface area contributed by atoms with E-state index in [0.29, 0.717) is 0 Å². The SMILES string of the molecule is O=C([O-])C1=NO[C@H]2CCC[C@@H]12. The third-order valence-corrected chi connectivity index (χ3v) is 2.30. The molecule has 4 nitrogen and oxygen atoms in total. The lowest BCUT2D eigenvalue weighted by Gasteiger charge is -2.08. The highest BCUT2D eigenvalue weighted by Crippen LogP contribution is 2.33. The summed E-state index contributed by atoms with van der Waals surface area (Å²) >= 11 is 0. The number of carboxylic acids is 1. The van der Waals surface area contributed by atoms with Gasteiger partial charge in [0.15, 0.2) is 0 Å². The van der Waals surface area contributed by atoms with Crippen LogP contribution in [-0.2, 0) is 9.63 Å². The molecule has 1 heterocycles. The summed E-state index contributed by atoms with van der Waals surface area (Å²) in [7, 11) is 0. The highest BCUT2D eigenvalue weighted by molar-refractivity contribution is 6.35. The normalized spacial score (nSPS) is 34.4. The molecule has 4 heteroatoms. The van der Waals surface area contributed by atoms with Gasteiger partial charge in [0.1, 0.15) is 11.8 Å². The van der Waals surface area contributed by atoms with E-state index >= 15 is 0 Å². The van der Waals surface area contributed by atoms with Crippen LogP contribution in [0.3, 0.4) is 0 Å². The third kappa shape index (κ3) is 0.895. The Labute approximate surface area is 63.8 Å². The molecular weight excluding hydrogens is 146 g/mol. The second-order valence-corrected chi connectivity index (χ2v) is 2.95. The molecule has 2 rings (SSSR count). The van der Waals surface area contributed by atoms with Crippen molar-refractivity contribution in [3.8, 4) is 0 Å². The van der Waals surface area contributed by atoms with Crippen LogP contribution < -0.4 is 5.11 Å². The van der Waals surface area contributed by atoms with E-state index < -0.39 is 5.97 Å². The molecule has 1 fully saturated rings. The molecule has 0 saturated heterocycles. The molecule has 0 radical (unpaired) electrons. The van der Waals surface area contributed by atoms with Crippen molar-refractivity contribution in [2.75, 3.05) is 0 Å². The first-order valence-corrected chi connectivity index (χ1v) is 3.74. The number of hydrogen-bond acceptors (Lipinski definition) is 4. The minimum absolute atomic E-state index is 0.000000000000000444. The quantitative estimate of drug-likeness (QED) is 0.501. The number of rotatable bonds is 1. The zero-order chi connectivity index (χ0) is 7.84. The monoisotopic (exact) mass is 154 g/mol. The number of nitrogens with zero attached hydrogens (tertiary/aromatic N) is 1. The topological polar surface area (TPSA) is 61.7 Å². The molecule has 2 atom stereocenters. The van der Waals surface area contributed by atoms with E-state index in [1.165, 1.54) is 0 Å². The van der Waals surface area contributed by atoms with Gasteiger partial charge in [0.25, 0.3) is 0 Å². The van der Waals surface area contributed by atoms with Gasteiger partial charge in [0, 0.05) is 5.92 Å². The number of carbonyl (C=O) groups excluding carboxylic acids is 1. The lowest BCUT2D eigenvalue weighted by molar-refractivity contribution is -0.294. The van der Waals surface area contributed by atoms with Crippen molar-refractivity contribution in [3.05, 3.63) is 0 Å². The predicted molar refractivity (Wildman–Crippen MR) is 34.7 cm³/mol. The maximum absolute atomic E-state index is 10.4. The molecule has 1 aliphatic heterocycles. The van der Waals surface area contributed by atoms with Crippen LogP contribution in [0.15, 0.2) is 5.16 Å². The molecule has 0 aromatic carbocycles. The largest absolute Gasteiger partial charge is 0.543 e. The maximum Gasteiger partial charge on any atom is 0.136 e. The number of carboxylic acid groups (broad SMARTS) is 1. The molecule has 0 unspecified atom stereocenters. The van der Waals surface area contributed by atoms with E-state index in [0.717, 1.165) is 19.3 Å². The van der Waals surface area contributed by atoms with Gasteiger partial charge < -0.3 is 14.7 Å². The lowest BCUT2D eigenvalue weighted by atomic mass is 10.0. The van der Waals surface area contributed by atoms with E-state index in [1.54, 1.807) is 0 Å². The van der Waals surface area contributed by atoms with Gasteiger partial charge in [-0.3, -0.25) is 0 Å². The van der Waals surface area contributed by atoms with Gasteiger partial charge in [0.2, 0.25) is 0 Å². The molecule has 0 N–H and O–H groups in total. The smallest absolute Gasteiger partial charge is 0.136 e. The van der Waals surface area contributed by atoms with Crippen LogP contribution in [0.2, 0.25) is 0 Å². The van der Waals surface area contributed by atoms with Crippen molar-refractivity contribution >= 4 is 11.7 Å². The zero-order valence-corrected chi connectivity index (χ0v) is 5.95. The Morgan fingerprint density at radius 2 is 2.45 bits per heavy atom. The van der Waals surface area contributed by atoms with Crippen LogP contribution in [0.4, 0.5) is 0 Å². The average Bonchev–Trinajstić information content (AvgIpc) is 2.41. The molecule has 0 aromatic rings. The number of aliphatic carboxylic acids is 1. The van der Waals surface area contributed by atoms with Crippen LogP contribution in [0.25, 0.3) is 0 Å². The molecule has 0 bridgehead atoms. The van der Waals surface area contributed by atoms with Crippen molar-refractivity contribution in [1.29, 1.82) is 0 Å². The van der Waals surface area contributed by atoms with Gasteiger partial charge in [0.05, 0.1) is 5.97 Å². The predicted octanol–water partition coefficient (Wildman–Crippen LogP) is -0.709. The van der Waals surface area contributed by atoms with Crippen molar-refractivity contribution in [3.63, 3.8) is 0 Å². The van der Waals surface area contributed by atoms with Crippen molar-refractivity contribution < 1.29 is 14.7 Å². The summed E-state index contributed by atoms with van der Waals surface area (Å²) in [5.74, 6) is -1.18. The fourth-order valence-electron chi connectivity index (χ4n) is 1.75.